The molecule has 0 aromatic heterocycles. The zero-order valence-electron chi connectivity index (χ0n) is 10.9. The summed E-state index contributed by atoms with van der Waals surface area (Å²) in [6, 6.07) is 9.93. The van der Waals surface area contributed by atoms with Crippen LogP contribution in [0.15, 0.2) is 30.3 Å². The van der Waals surface area contributed by atoms with Crippen molar-refractivity contribution in [2.75, 3.05) is 7.11 Å². The van der Waals surface area contributed by atoms with Gasteiger partial charge in [0, 0.05) is 12.0 Å². The molecule has 0 aliphatic heterocycles. The van der Waals surface area contributed by atoms with Gasteiger partial charge in [0.15, 0.2) is 0 Å². The normalized spacial score (nSPS) is 14.4. The highest BCUT2D eigenvalue weighted by Crippen LogP contribution is 2.20. The van der Waals surface area contributed by atoms with Crippen LogP contribution in [0.2, 0.25) is 0 Å². The first-order chi connectivity index (χ1) is 8.06. The number of rotatable bonds is 5. The molecule has 0 fully saturated rings. The summed E-state index contributed by atoms with van der Waals surface area (Å²) in [6.45, 7) is 6.08. The largest absolute Gasteiger partial charge is 0.468 e. The summed E-state index contributed by atoms with van der Waals surface area (Å²) in [5, 5.41) is 3.25. The van der Waals surface area contributed by atoms with E-state index in [1.807, 2.05) is 51.1 Å². The first kappa shape index (κ1) is 13.7. The van der Waals surface area contributed by atoms with Crippen LogP contribution in [0.4, 0.5) is 0 Å². The summed E-state index contributed by atoms with van der Waals surface area (Å²) in [7, 11) is 1.43. The van der Waals surface area contributed by atoms with E-state index >= 15 is 0 Å². The maximum Gasteiger partial charge on any atom is 0.323 e. The monoisotopic (exact) mass is 235 g/mol. The molecule has 0 bridgehead atoms. The van der Waals surface area contributed by atoms with Crippen LogP contribution < -0.4 is 5.32 Å². The van der Waals surface area contributed by atoms with Gasteiger partial charge in [-0.05, 0) is 5.56 Å². The number of benzene rings is 1. The predicted molar refractivity (Wildman–Crippen MR) is 68.9 cm³/mol. The second-order valence-electron chi connectivity index (χ2n) is 4.52. The molecule has 3 nitrogen and oxygen atoms in total. The molecule has 2 atom stereocenters. The van der Waals surface area contributed by atoms with Crippen LogP contribution in [0.1, 0.15) is 32.3 Å². The molecule has 0 heterocycles. The van der Waals surface area contributed by atoms with Gasteiger partial charge in [0.2, 0.25) is 0 Å². The maximum atomic E-state index is 11.8. The van der Waals surface area contributed by atoms with E-state index in [1.54, 1.807) is 0 Å². The summed E-state index contributed by atoms with van der Waals surface area (Å²) >= 11 is 0. The SMILES string of the molecule is COC(=O)C(NC(C)C)C(C)c1ccccc1. The Morgan fingerprint density at radius 1 is 1.18 bits per heavy atom. The Balaban J connectivity index is 2.86. The molecule has 0 aliphatic rings. The summed E-state index contributed by atoms with van der Waals surface area (Å²) in [4.78, 5) is 11.8. The molecule has 0 radical (unpaired) electrons. The first-order valence-electron chi connectivity index (χ1n) is 5.95. The van der Waals surface area contributed by atoms with Gasteiger partial charge in [-0.15, -0.1) is 0 Å². The van der Waals surface area contributed by atoms with Crippen LogP contribution in [0.5, 0.6) is 0 Å². The molecule has 3 heteroatoms. The van der Waals surface area contributed by atoms with Gasteiger partial charge in [0.05, 0.1) is 7.11 Å². The predicted octanol–water partition coefficient (Wildman–Crippen LogP) is 2.33. The van der Waals surface area contributed by atoms with Gasteiger partial charge < -0.3 is 10.1 Å². The highest BCUT2D eigenvalue weighted by molar-refractivity contribution is 5.77. The maximum absolute atomic E-state index is 11.8. The van der Waals surface area contributed by atoms with E-state index in [0.717, 1.165) is 5.56 Å². The minimum Gasteiger partial charge on any atom is -0.468 e. The van der Waals surface area contributed by atoms with E-state index in [-0.39, 0.29) is 24.0 Å². The fraction of sp³-hybridized carbons (Fsp3) is 0.500. The van der Waals surface area contributed by atoms with Crippen molar-refractivity contribution in [3.05, 3.63) is 35.9 Å². The van der Waals surface area contributed by atoms with Crippen LogP contribution in [-0.2, 0) is 9.53 Å². The molecule has 2 unspecified atom stereocenters. The molecular weight excluding hydrogens is 214 g/mol. The Bertz CT molecular complexity index is 348. The lowest BCUT2D eigenvalue weighted by atomic mass is 9.93. The fourth-order valence-electron chi connectivity index (χ4n) is 1.85. The molecule has 94 valence electrons. The van der Waals surface area contributed by atoms with Crippen molar-refractivity contribution in [1.29, 1.82) is 0 Å². The minimum atomic E-state index is -0.303. The third kappa shape index (κ3) is 3.86. The summed E-state index contributed by atoms with van der Waals surface area (Å²) < 4.78 is 4.85. The van der Waals surface area contributed by atoms with E-state index in [2.05, 4.69) is 5.32 Å². The minimum absolute atomic E-state index is 0.0889. The van der Waals surface area contributed by atoms with Gasteiger partial charge in [-0.3, -0.25) is 4.79 Å². The Labute approximate surface area is 103 Å². The smallest absolute Gasteiger partial charge is 0.323 e. The Morgan fingerprint density at radius 3 is 2.24 bits per heavy atom. The fourth-order valence-corrected chi connectivity index (χ4v) is 1.85. The highest BCUT2D eigenvalue weighted by Gasteiger charge is 2.27. The Kier molecular flexibility index (Phi) is 5.16. The van der Waals surface area contributed by atoms with Crippen molar-refractivity contribution in [2.45, 2.75) is 38.8 Å². The lowest BCUT2D eigenvalue weighted by Crippen LogP contribution is -2.44. The number of carbonyl (C=O) groups is 1. The number of methoxy groups -OCH3 is 1. The van der Waals surface area contributed by atoms with Crippen molar-refractivity contribution in [3.8, 4) is 0 Å². The second kappa shape index (κ2) is 6.40. The van der Waals surface area contributed by atoms with Gasteiger partial charge in [0.1, 0.15) is 6.04 Å². The third-order valence-electron chi connectivity index (χ3n) is 2.79. The van der Waals surface area contributed by atoms with E-state index in [4.69, 9.17) is 4.74 Å². The zero-order chi connectivity index (χ0) is 12.8. The van der Waals surface area contributed by atoms with E-state index < -0.39 is 0 Å². The molecule has 0 spiro atoms. The van der Waals surface area contributed by atoms with Crippen LogP contribution >= 0.6 is 0 Å². The van der Waals surface area contributed by atoms with Crippen LogP contribution in [0.25, 0.3) is 0 Å². The van der Waals surface area contributed by atoms with Gasteiger partial charge >= 0.3 is 5.97 Å². The second-order valence-corrected chi connectivity index (χ2v) is 4.52. The Morgan fingerprint density at radius 2 is 1.76 bits per heavy atom. The van der Waals surface area contributed by atoms with Gasteiger partial charge in [0.25, 0.3) is 0 Å². The number of hydrogen-bond donors (Lipinski definition) is 1. The molecular formula is C14H21NO2. The molecule has 17 heavy (non-hydrogen) atoms. The molecule has 1 rings (SSSR count). The van der Waals surface area contributed by atoms with Crippen LogP contribution in [0, 0.1) is 0 Å². The number of ether oxygens (including phenoxy) is 1. The Hall–Kier alpha value is -1.35. The van der Waals surface area contributed by atoms with Crippen molar-refractivity contribution in [1.82, 2.24) is 5.32 Å². The topological polar surface area (TPSA) is 38.3 Å². The molecule has 1 N–H and O–H groups in total. The summed E-state index contributed by atoms with van der Waals surface area (Å²) in [6.07, 6.45) is 0. The van der Waals surface area contributed by atoms with Crippen LogP contribution in [-0.4, -0.2) is 25.2 Å². The number of esters is 1. The molecule has 1 aromatic rings. The zero-order valence-corrected chi connectivity index (χ0v) is 10.9. The molecule has 0 saturated heterocycles. The molecule has 0 saturated carbocycles. The molecule has 0 aliphatic carbocycles. The van der Waals surface area contributed by atoms with Crippen molar-refractivity contribution < 1.29 is 9.53 Å². The number of nitrogens with one attached hydrogen (secondary N) is 1. The summed E-state index contributed by atoms with van der Waals surface area (Å²) in [5.41, 5.74) is 1.14. The van der Waals surface area contributed by atoms with Gasteiger partial charge in [-0.25, -0.2) is 0 Å². The number of carbonyl (C=O) groups excluding carboxylic acids is 1. The lowest BCUT2D eigenvalue weighted by Gasteiger charge is -2.25. The van der Waals surface area contributed by atoms with Crippen molar-refractivity contribution in [2.24, 2.45) is 0 Å². The quantitative estimate of drug-likeness (QED) is 0.796. The molecule has 1 aromatic carbocycles. The highest BCUT2D eigenvalue weighted by atomic mass is 16.5. The average molecular weight is 235 g/mol. The standard InChI is InChI=1S/C14H21NO2/c1-10(2)15-13(14(16)17-4)11(3)12-8-6-5-7-9-12/h5-11,13,15H,1-4H3. The lowest BCUT2D eigenvalue weighted by molar-refractivity contribution is -0.143. The first-order valence-corrected chi connectivity index (χ1v) is 5.95. The molecule has 0 amide bonds. The number of hydrogen-bond acceptors (Lipinski definition) is 3. The summed E-state index contributed by atoms with van der Waals surface area (Å²) in [5.74, 6) is -0.124. The third-order valence-corrected chi connectivity index (χ3v) is 2.79. The van der Waals surface area contributed by atoms with Crippen LogP contribution in [0.3, 0.4) is 0 Å². The van der Waals surface area contributed by atoms with Gasteiger partial charge in [-0.2, -0.15) is 0 Å². The van der Waals surface area contributed by atoms with Gasteiger partial charge in [-0.1, -0.05) is 51.1 Å². The average Bonchev–Trinajstić information content (AvgIpc) is 2.35. The van der Waals surface area contributed by atoms with E-state index in [9.17, 15) is 4.79 Å². The van der Waals surface area contributed by atoms with Crippen molar-refractivity contribution >= 4 is 5.97 Å². The van der Waals surface area contributed by atoms with E-state index in [0.29, 0.717) is 0 Å². The van der Waals surface area contributed by atoms with E-state index in [1.165, 1.54) is 7.11 Å². The van der Waals surface area contributed by atoms with Crippen molar-refractivity contribution in [3.63, 3.8) is 0 Å².